The summed E-state index contributed by atoms with van der Waals surface area (Å²) in [5.41, 5.74) is -1.26. The molecule has 1 aliphatic carbocycles. The maximum atomic E-state index is 13.8. The molecule has 3 aromatic carbocycles. The second-order valence-electron chi connectivity index (χ2n) is 8.52. The van der Waals surface area contributed by atoms with E-state index in [1.807, 2.05) is 0 Å². The molecule has 1 spiro atoms. The SMILES string of the molecule is O=C1[C@@H]2[C@@H](c3ccc(F)cc3)OC3(C(=O)c4ccccc4C3=O)[C@H]2C(=O)N1c1cccc(Cl)c1. The number of imide groups is 1. The van der Waals surface area contributed by atoms with E-state index in [0.29, 0.717) is 10.6 Å². The number of anilines is 1. The molecule has 34 heavy (non-hydrogen) atoms. The highest BCUT2D eigenvalue weighted by Gasteiger charge is 2.74. The maximum absolute atomic E-state index is 13.8. The Morgan fingerprint density at radius 3 is 2.09 bits per heavy atom. The number of carbonyl (C=O) groups excluding carboxylic acids is 4. The average molecular weight is 476 g/mol. The number of halogens is 2. The van der Waals surface area contributed by atoms with Crippen LogP contribution in [-0.2, 0) is 14.3 Å². The monoisotopic (exact) mass is 475 g/mol. The van der Waals surface area contributed by atoms with Crippen molar-refractivity contribution in [2.24, 2.45) is 11.8 Å². The number of rotatable bonds is 2. The number of nitrogens with zero attached hydrogens (tertiary/aromatic N) is 1. The van der Waals surface area contributed by atoms with Gasteiger partial charge in [-0.25, -0.2) is 9.29 Å². The molecule has 8 heteroatoms. The van der Waals surface area contributed by atoms with Gasteiger partial charge in [-0.3, -0.25) is 19.2 Å². The Morgan fingerprint density at radius 2 is 1.47 bits per heavy atom. The lowest BCUT2D eigenvalue weighted by atomic mass is 9.77. The molecule has 0 bridgehead atoms. The number of benzene rings is 3. The van der Waals surface area contributed by atoms with E-state index in [9.17, 15) is 23.6 Å². The van der Waals surface area contributed by atoms with Gasteiger partial charge in [0.1, 0.15) is 5.82 Å². The lowest BCUT2D eigenvalue weighted by molar-refractivity contribution is -0.127. The summed E-state index contributed by atoms with van der Waals surface area (Å²) >= 11 is 6.09. The van der Waals surface area contributed by atoms with Crippen molar-refractivity contribution < 1.29 is 28.3 Å². The van der Waals surface area contributed by atoms with E-state index < -0.39 is 52.7 Å². The summed E-state index contributed by atoms with van der Waals surface area (Å²) < 4.78 is 19.8. The fraction of sp³-hybridized carbons (Fsp3) is 0.154. The van der Waals surface area contributed by atoms with Gasteiger partial charge in [0.25, 0.3) is 0 Å². The zero-order valence-electron chi connectivity index (χ0n) is 17.4. The average Bonchev–Trinajstić information content (AvgIpc) is 3.40. The second kappa shape index (κ2) is 7.16. The topological polar surface area (TPSA) is 80.8 Å². The Kier molecular flexibility index (Phi) is 4.40. The van der Waals surface area contributed by atoms with E-state index in [4.69, 9.17) is 16.3 Å². The van der Waals surface area contributed by atoms with Gasteiger partial charge in [-0.1, -0.05) is 54.1 Å². The van der Waals surface area contributed by atoms with Gasteiger partial charge >= 0.3 is 0 Å². The number of Topliss-reactive ketones (excluding diaryl/α,β-unsaturated/α-hetero) is 2. The van der Waals surface area contributed by atoms with Crippen molar-refractivity contribution in [1.29, 1.82) is 0 Å². The van der Waals surface area contributed by atoms with E-state index in [-0.39, 0.29) is 16.8 Å². The number of hydrogen-bond donors (Lipinski definition) is 0. The number of hydrogen-bond acceptors (Lipinski definition) is 5. The minimum atomic E-state index is -2.17. The van der Waals surface area contributed by atoms with E-state index in [0.717, 1.165) is 4.90 Å². The van der Waals surface area contributed by atoms with Crippen molar-refractivity contribution in [1.82, 2.24) is 0 Å². The van der Waals surface area contributed by atoms with Crippen LogP contribution in [0, 0.1) is 17.7 Å². The van der Waals surface area contributed by atoms with Crippen LogP contribution in [0.5, 0.6) is 0 Å². The third-order valence-electron chi connectivity index (χ3n) is 6.78. The molecule has 3 atom stereocenters. The first-order valence-electron chi connectivity index (χ1n) is 10.6. The fourth-order valence-corrected chi connectivity index (χ4v) is 5.52. The molecule has 2 saturated heterocycles. The van der Waals surface area contributed by atoms with Gasteiger partial charge in [0.15, 0.2) is 0 Å². The zero-order chi connectivity index (χ0) is 23.8. The first kappa shape index (κ1) is 20.9. The molecule has 0 saturated carbocycles. The van der Waals surface area contributed by atoms with Crippen molar-refractivity contribution in [3.05, 3.63) is 100 Å². The third-order valence-corrected chi connectivity index (χ3v) is 7.02. The van der Waals surface area contributed by atoms with E-state index in [1.54, 1.807) is 30.3 Å². The maximum Gasteiger partial charge on any atom is 0.241 e. The Hall–Kier alpha value is -3.68. The normalized spacial score (nSPS) is 24.8. The van der Waals surface area contributed by atoms with E-state index in [2.05, 4.69) is 0 Å². The molecule has 6 nitrogen and oxygen atoms in total. The number of carbonyl (C=O) groups is 4. The van der Waals surface area contributed by atoms with Crippen molar-refractivity contribution in [2.45, 2.75) is 11.7 Å². The van der Waals surface area contributed by atoms with Gasteiger partial charge < -0.3 is 4.74 Å². The van der Waals surface area contributed by atoms with Crippen LogP contribution in [0.15, 0.2) is 72.8 Å². The first-order chi connectivity index (χ1) is 16.3. The molecular weight excluding hydrogens is 461 g/mol. The van der Waals surface area contributed by atoms with E-state index in [1.165, 1.54) is 42.5 Å². The van der Waals surface area contributed by atoms with Gasteiger partial charge in [-0.2, -0.15) is 0 Å². The van der Waals surface area contributed by atoms with Gasteiger partial charge in [0.2, 0.25) is 29.0 Å². The summed E-state index contributed by atoms with van der Waals surface area (Å²) in [6.45, 7) is 0. The van der Waals surface area contributed by atoms with E-state index >= 15 is 0 Å². The largest absolute Gasteiger partial charge is 0.349 e. The quantitative estimate of drug-likeness (QED) is 0.410. The van der Waals surface area contributed by atoms with Gasteiger partial charge in [-0.15, -0.1) is 0 Å². The van der Waals surface area contributed by atoms with Crippen molar-refractivity contribution in [3.63, 3.8) is 0 Å². The van der Waals surface area contributed by atoms with Crippen molar-refractivity contribution in [2.75, 3.05) is 4.90 Å². The zero-order valence-corrected chi connectivity index (χ0v) is 18.2. The Bertz CT molecular complexity index is 1380. The summed E-state index contributed by atoms with van der Waals surface area (Å²) in [5, 5.41) is 0.316. The molecule has 3 aromatic rings. The lowest BCUT2D eigenvalue weighted by Gasteiger charge is -2.27. The smallest absolute Gasteiger partial charge is 0.241 e. The van der Waals surface area contributed by atoms with Crippen LogP contribution in [-0.4, -0.2) is 29.0 Å². The minimum absolute atomic E-state index is 0.146. The molecule has 2 heterocycles. The van der Waals surface area contributed by atoms with Crippen molar-refractivity contribution >= 4 is 40.7 Å². The summed E-state index contributed by atoms with van der Waals surface area (Å²) in [5.74, 6) is -5.65. The van der Waals surface area contributed by atoms with Gasteiger partial charge in [-0.05, 0) is 35.9 Å². The molecule has 0 unspecified atom stereocenters. The van der Waals surface area contributed by atoms with Crippen LogP contribution in [0.4, 0.5) is 10.1 Å². The van der Waals surface area contributed by atoms with Crippen molar-refractivity contribution in [3.8, 4) is 0 Å². The molecule has 0 N–H and O–H groups in total. The molecule has 2 amide bonds. The van der Waals surface area contributed by atoms with Crippen LogP contribution in [0.1, 0.15) is 32.4 Å². The Morgan fingerprint density at radius 1 is 0.824 bits per heavy atom. The summed E-state index contributed by atoms with van der Waals surface area (Å²) in [6, 6.07) is 17.7. The summed E-state index contributed by atoms with van der Waals surface area (Å²) in [6.07, 6.45) is -1.10. The second-order valence-corrected chi connectivity index (χ2v) is 8.96. The predicted octanol–water partition coefficient (Wildman–Crippen LogP) is 4.17. The lowest BCUT2D eigenvalue weighted by Crippen LogP contribution is -2.51. The van der Waals surface area contributed by atoms with Crippen LogP contribution in [0.2, 0.25) is 5.02 Å². The van der Waals surface area contributed by atoms with Crippen LogP contribution >= 0.6 is 11.6 Å². The van der Waals surface area contributed by atoms with Crippen LogP contribution in [0.25, 0.3) is 0 Å². The molecule has 6 rings (SSSR count). The highest BCUT2D eigenvalue weighted by atomic mass is 35.5. The molecule has 0 aromatic heterocycles. The highest BCUT2D eigenvalue weighted by Crippen LogP contribution is 2.57. The van der Waals surface area contributed by atoms with Crippen LogP contribution in [0.3, 0.4) is 0 Å². The predicted molar refractivity (Wildman–Crippen MR) is 119 cm³/mol. The summed E-state index contributed by atoms with van der Waals surface area (Å²) in [7, 11) is 0. The summed E-state index contributed by atoms with van der Waals surface area (Å²) in [4.78, 5) is 55.7. The molecular formula is C26H15ClFNO5. The highest BCUT2D eigenvalue weighted by molar-refractivity contribution is 6.37. The standard InChI is InChI=1S/C26H15ClFNO5/c27-14-4-3-5-16(12-14)29-24(32)19-20(25(29)33)26(34-21(19)13-8-10-15(28)11-9-13)22(30)17-6-1-2-7-18(17)23(26)31/h1-12,19-21H/t19-,20+,21+/m0/s1. The third kappa shape index (κ3) is 2.59. The number of ketones is 2. The Balaban J connectivity index is 1.55. The molecule has 3 aliphatic rings. The number of fused-ring (bicyclic) bond motifs is 3. The molecule has 168 valence electrons. The number of amides is 2. The van der Waals surface area contributed by atoms with Gasteiger partial charge in [0, 0.05) is 16.1 Å². The van der Waals surface area contributed by atoms with Crippen LogP contribution < -0.4 is 4.90 Å². The molecule has 2 aliphatic heterocycles. The Labute approximate surface area is 197 Å². The minimum Gasteiger partial charge on any atom is -0.349 e. The molecule has 2 fully saturated rings. The number of ether oxygens (including phenoxy) is 1. The fourth-order valence-electron chi connectivity index (χ4n) is 5.34. The first-order valence-corrected chi connectivity index (χ1v) is 11.0. The molecule has 0 radical (unpaired) electrons. The van der Waals surface area contributed by atoms with Gasteiger partial charge in [0.05, 0.1) is 23.6 Å².